The van der Waals surface area contributed by atoms with E-state index in [2.05, 4.69) is 23.1 Å². The van der Waals surface area contributed by atoms with Crippen LogP contribution in [0.2, 0.25) is 0 Å². The summed E-state index contributed by atoms with van der Waals surface area (Å²) in [6.07, 6.45) is 7.01. The van der Waals surface area contributed by atoms with Crippen molar-refractivity contribution in [3.63, 3.8) is 0 Å². The van der Waals surface area contributed by atoms with Gasteiger partial charge in [0.05, 0.1) is 16.1 Å². The number of carbonyl (C=O) groups excluding carboxylic acids is 1. The SMILES string of the molecule is CCc1ccc(-c2nn(-c3ccncc3)cc2C=O)s1. The van der Waals surface area contributed by atoms with Gasteiger partial charge in [-0.2, -0.15) is 5.10 Å². The molecule has 0 aliphatic carbocycles. The number of pyridine rings is 1. The van der Waals surface area contributed by atoms with Gasteiger partial charge in [-0.05, 0) is 30.7 Å². The van der Waals surface area contributed by atoms with Crippen molar-refractivity contribution in [3.05, 3.63) is 53.3 Å². The molecule has 3 heterocycles. The maximum absolute atomic E-state index is 11.3. The fourth-order valence-corrected chi connectivity index (χ4v) is 2.94. The fraction of sp³-hybridized carbons (Fsp3) is 0.133. The Kier molecular flexibility index (Phi) is 3.43. The minimum atomic E-state index is 0.603. The standard InChI is InChI=1S/C15H13N3OS/c1-2-13-3-4-14(20-13)15-11(10-19)9-18(17-15)12-5-7-16-8-6-12/h3-10H,2H2,1H3. The lowest BCUT2D eigenvalue weighted by Gasteiger charge is -1.98. The molecule has 0 unspecified atom stereocenters. The van der Waals surface area contributed by atoms with Crippen molar-refractivity contribution in [3.8, 4) is 16.3 Å². The number of nitrogens with zero attached hydrogens (tertiary/aromatic N) is 3. The van der Waals surface area contributed by atoms with E-state index in [0.717, 1.165) is 29.0 Å². The van der Waals surface area contributed by atoms with E-state index in [9.17, 15) is 4.79 Å². The second-order valence-electron chi connectivity index (χ2n) is 4.32. The largest absolute Gasteiger partial charge is 0.298 e. The molecule has 3 aromatic heterocycles. The lowest BCUT2D eigenvalue weighted by molar-refractivity contribution is 0.112. The lowest BCUT2D eigenvalue weighted by atomic mass is 10.2. The van der Waals surface area contributed by atoms with Gasteiger partial charge in [0, 0.05) is 23.5 Å². The van der Waals surface area contributed by atoms with Gasteiger partial charge in [0.2, 0.25) is 0 Å². The molecule has 0 radical (unpaired) electrons. The molecule has 0 atom stereocenters. The van der Waals surface area contributed by atoms with Gasteiger partial charge in [-0.3, -0.25) is 9.78 Å². The maximum Gasteiger partial charge on any atom is 0.153 e. The maximum atomic E-state index is 11.3. The van der Waals surface area contributed by atoms with E-state index in [1.807, 2.05) is 18.2 Å². The summed E-state index contributed by atoms with van der Waals surface area (Å²) in [6.45, 7) is 2.12. The van der Waals surface area contributed by atoms with Crippen LogP contribution in [0.1, 0.15) is 22.2 Å². The number of aryl methyl sites for hydroxylation is 1. The minimum Gasteiger partial charge on any atom is -0.298 e. The zero-order valence-electron chi connectivity index (χ0n) is 11.0. The van der Waals surface area contributed by atoms with Gasteiger partial charge < -0.3 is 0 Å². The molecule has 3 rings (SSSR count). The molecule has 0 bridgehead atoms. The van der Waals surface area contributed by atoms with Crippen molar-refractivity contribution < 1.29 is 4.79 Å². The average molecular weight is 283 g/mol. The number of aldehydes is 1. The van der Waals surface area contributed by atoms with Crippen molar-refractivity contribution in [2.24, 2.45) is 0 Å². The van der Waals surface area contributed by atoms with Gasteiger partial charge in [-0.25, -0.2) is 4.68 Å². The van der Waals surface area contributed by atoms with E-state index in [4.69, 9.17) is 0 Å². The van der Waals surface area contributed by atoms with Crippen molar-refractivity contribution in [2.45, 2.75) is 13.3 Å². The molecular weight excluding hydrogens is 270 g/mol. The first-order valence-electron chi connectivity index (χ1n) is 6.36. The second kappa shape index (κ2) is 5.38. The molecule has 5 heteroatoms. The topological polar surface area (TPSA) is 47.8 Å². The van der Waals surface area contributed by atoms with Crippen molar-refractivity contribution in [1.82, 2.24) is 14.8 Å². The summed E-state index contributed by atoms with van der Waals surface area (Å²) in [5, 5.41) is 4.54. The summed E-state index contributed by atoms with van der Waals surface area (Å²) in [4.78, 5) is 17.6. The van der Waals surface area contributed by atoms with Crippen molar-refractivity contribution >= 4 is 17.6 Å². The van der Waals surface area contributed by atoms with Gasteiger partial charge in [0.1, 0.15) is 5.69 Å². The van der Waals surface area contributed by atoms with Crippen molar-refractivity contribution in [2.75, 3.05) is 0 Å². The Morgan fingerprint density at radius 1 is 1.25 bits per heavy atom. The van der Waals surface area contributed by atoms with E-state index < -0.39 is 0 Å². The molecule has 4 nitrogen and oxygen atoms in total. The summed E-state index contributed by atoms with van der Waals surface area (Å²) in [5.74, 6) is 0. The van der Waals surface area contributed by atoms with E-state index in [1.165, 1.54) is 4.88 Å². The molecule has 0 N–H and O–H groups in total. The van der Waals surface area contributed by atoms with Crippen LogP contribution in [0, 0.1) is 0 Å². The molecular formula is C15H13N3OS. The summed E-state index contributed by atoms with van der Waals surface area (Å²) >= 11 is 1.68. The Morgan fingerprint density at radius 2 is 2.05 bits per heavy atom. The lowest BCUT2D eigenvalue weighted by Crippen LogP contribution is -1.94. The molecule has 0 saturated carbocycles. The van der Waals surface area contributed by atoms with E-state index in [0.29, 0.717) is 5.56 Å². The minimum absolute atomic E-state index is 0.603. The van der Waals surface area contributed by atoms with Gasteiger partial charge in [0.25, 0.3) is 0 Å². The zero-order valence-corrected chi connectivity index (χ0v) is 11.8. The van der Waals surface area contributed by atoms with Crippen LogP contribution in [0.15, 0.2) is 42.9 Å². The number of carbonyl (C=O) groups is 1. The summed E-state index contributed by atoms with van der Waals surface area (Å²) in [7, 11) is 0. The number of aromatic nitrogens is 3. The van der Waals surface area contributed by atoms with Crippen LogP contribution >= 0.6 is 11.3 Å². The van der Waals surface area contributed by atoms with Crippen molar-refractivity contribution in [1.29, 1.82) is 0 Å². The molecule has 3 aromatic rings. The molecule has 0 spiro atoms. The smallest absolute Gasteiger partial charge is 0.153 e. The van der Waals surface area contributed by atoms with Gasteiger partial charge in [-0.15, -0.1) is 11.3 Å². The van der Waals surface area contributed by atoms with E-state index >= 15 is 0 Å². The van der Waals surface area contributed by atoms with Crippen LogP contribution in [-0.4, -0.2) is 21.1 Å². The molecule has 0 fully saturated rings. The third-order valence-corrected chi connectivity index (χ3v) is 4.28. The zero-order chi connectivity index (χ0) is 13.9. The number of hydrogen-bond acceptors (Lipinski definition) is 4. The fourth-order valence-electron chi connectivity index (χ4n) is 1.99. The molecule has 0 saturated heterocycles. The Morgan fingerprint density at radius 3 is 2.70 bits per heavy atom. The van der Waals surface area contributed by atoms with Gasteiger partial charge >= 0.3 is 0 Å². The highest BCUT2D eigenvalue weighted by molar-refractivity contribution is 7.15. The third-order valence-electron chi connectivity index (χ3n) is 3.04. The monoisotopic (exact) mass is 283 g/mol. The molecule has 100 valence electrons. The second-order valence-corrected chi connectivity index (χ2v) is 5.49. The number of hydrogen-bond donors (Lipinski definition) is 0. The highest BCUT2D eigenvalue weighted by Crippen LogP contribution is 2.29. The van der Waals surface area contributed by atoms with Gasteiger partial charge in [-0.1, -0.05) is 6.92 Å². The first-order valence-corrected chi connectivity index (χ1v) is 7.17. The molecule has 0 aliphatic rings. The molecule has 0 aliphatic heterocycles. The Labute approximate surface area is 120 Å². The highest BCUT2D eigenvalue weighted by atomic mass is 32.1. The molecule has 20 heavy (non-hydrogen) atoms. The Hall–Kier alpha value is -2.27. The third kappa shape index (κ3) is 2.28. The number of rotatable bonds is 4. The predicted molar refractivity (Wildman–Crippen MR) is 79.4 cm³/mol. The van der Waals surface area contributed by atoms with E-state index in [-0.39, 0.29) is 0 Å². The van der Waals surface area contributed by atoms with Crippen LogP contribution in [-0.2, 0) is 6.42 Å². The Balaban J connectivity index is 2.07. The summed E-state index contributed by atoms with van der Waals surface area (Å²) in [5.41, 5.74) is 2.23. The summed E-state index contributed by atoms with van der Waals surface area (Å²) < 4.78 is 1.71. The van der Waals surface area contributed by atoms with Gasteiger partial charge in [0.15, 0.2) is 6.29 Å². The molecule has 0 aromatic carbocycles. The average Bonchev–Trinajstić information content (AvgIpc) is 3.14. The normalized spacial score (nSPS) is 10.7. The quantitative estimate of drug-likeness (QED) is 0.690. The first-order chi connectivity index (χ1) is 9.81. The van der Waals surface area contributed by atoms with Crippen LogP contribution in [0.3, 0.4) is 0 Å². The Bertz CT molecular complexity index is 731. The van der Waals surface area contributed by atoms with Crippen LogP contribution < -0.4 is 0 Å². The first kappa shape index (κ1) is 12.7. The predicted octanol–water partition coefficient (Wildman–Crippen LogP) is 3.37. The number of thiophene rings is 1. The van der Waals surface area contributed by atoms with Crippen LogP contribution in [0.4, 0.5) is 0 Å². The summed E-state index contributed by atoms with van der Waals surface area (Å²) in [6, 6.07) is 7.82. The highest BCUT2D eigenvalue weighted by Gasteiger charge is 2.13. The molecule has 0 amide bonds. The van der Waals surface area contributed by atoms with Crippen LogP contribution in [0.25, 0.3) is 16.3 Å². The van der Waals surface area contributed by atoms with E-state index in [1.54, 1.807) is 34.6 Å². The van der Waals surface area contributed by atoms with Crippen LogP contribution in [0.5, 0.6) is 0 Å².